The number of piperidine rings is 1. The number of nitrogens with one attached hydrogen (secondary N) is 1. The number of hydrogen-bond donors (Lipinski definition) is 2. The number of carbonyl (C=O) groups excluding carboxylic acids is 2. The van der Waals surface area contributed by atoms with Gasteiger partial charge in [0.25, 0.3) is 0 Å². The van der Waals surface area contributed by atoms with Crippen LogP contribution in [0.3, 0.4) is 0 Å². The number of aliphatic carboxylic acids is 1. The van der Waals surface area contributed by atoms with Crippen molar-refractivity contribution in [2.75, 3.05) is 19.7 Å². The molecule has 0 bridgehead atoms. The molecule has 2 N–H and O–H groups in total. The zero-order chi connectivity index (χ0) is 24.9. The van der Waals surface area contributed by atoms with Crippen molar-refractivity contribution in [1.82, 2.24) is 10.2 Å². The Hall–Kier alpha value is -3.35. The third-order valence-electron chi connectivity index (χ3n) is 7.23. The summed E-state index contributed by atoms with van der Waals surface area (Å²) in [5.74, 6) is -1.26. The van der Waals surface area contributed by atoms with E-state index in [1.54, 1.807) is 4.90 Å². The average molecular weight is 479 g/mol. The maximum Gasteiger partial charge on any atom is 0.407 e. The van der Waals surface area contributed by atoms with E-state index < -0.39 is 18.0 Å². The van der Waals surface area contributed by atoms with Gasteiger partial charge in [-0.15, -0.1) is 0 Å². The van der Waals surface area contributed by atoms with Crippen molar-refractivity contribution in [2.24, 2.45) is 11.8 Å². The van der Waals surface area contributed by atoms with E-state index in [1.165, 1.54) is 11.1 Å². The molecule has 7 heteroatoms. The van der Waals surface area contributed by atoms with Crippen LogP contribution in [0.15, 0.2) is 48.5 Å². The number of hydrogen-bond acceptors (Lipinski definition) is 4. The topological polar surface area (TPSA) is 95.9 Å². The standard InChI is InChI=1S/C28H34N2O5/c1-3-20(12-13-26(31)30-15-18(2)14-19(16-30)27(32)33)29-28(34)35-17-25-23-10-6-4-8-21(23)22-9-5-7-11-24(22)25/h4-11,18-20,25H,3,12-17H2,1-2H3,(H,29,34)(H,32,33). The van der Waals surface area contributed by atoms with E-state index in [2.05, 4.69) is 29.6 Å². The minimum Gasteiger partial charge on any atom is -0.481 e. The third-order valence-corrected chi connectivity index (χ3v) is 7.23. The summed E-state index contributed by atoms with van der Waals surface area (Å²) in [6, 6.07) is 16.2. The minimum absolute atomic E-state index is 0.00178. The molecule has 1 aliphatic heterocycles. The maximum absolute atomic E-state index is 12.7. The molecule has 0 aromatic heterocycles. The number of carboxylic acid groups (broad SMARTS) is 1. The van der Waals surface area contributed by atoms with Crippen molar-refractivity contribution in [2.45, 2.75) is 51.5 Å². The van der Waals surface area contributed by atoms with Crippen molar-refractivity contribution < 1.29 is 24.2 Å². The summed E-state index contributed by atoms with van der Waals surface area (Å²) < 4.78 is 5.64. The summed E-state index contributed by atoms with van der Waals surface area (Å²) in [5, 5.41) is 12.3. The molecule has 1 fully saturated rings. The summed E-state index contributed by atoms with van der Waals surface area (Å²) >= 11 is 0. The molecule has 2 amide bonds. The number of rotatable bonds is 8. The predicted octanol–water partition coefficient (Wildman–Crippen LogP) is 4.65. The highest BCUT2D eigenvalue weighted by Gasteiger charge is 2.32. The van der Waals surface area contributed by atoms with Crippen molar-refractivity contribution in [1.29, 1.82) is 0 Å². The highest BCUT2D eigenvalue weighted by molar-refractivity contribution is 5.79. The molecule has 7 nitrogen and oxygen atoms in total. The van der Waals surface area contributed by atoms with Crippen molar-refractivity contribution >= 4 is 18.0 Å². The molecule has 1 saturated heterocycles. The lowest BCUT2D eigenvalue weighted by atomic mass is 9.90. The molecule has 0 saturated carbocycles. The number of benzene rings is 2. The van der Waals surface area contributed by atoms with Crippen LogP contribution in [0.1, 0.15) is 56.6 Å². The van der Waals surface area contributed by atoms with E-state index in [4.69, 9.17) is 4.74 Å². The summed E-state index contributed by atoms with van der Waals surface area (Å²) in [6.45, 7) is 5.02. The molecule has 186 valence electrons. The van der Waals surface area contributed by atoms with Crippen LogP contribution in [0, 0.1) is 11.8 Å². The quantitative estimate of drug-likeness (QED) is 0.576. The first-order valence-electron chi connectivity index (χ1n) is 12.5. The van der Waals surface area contributed by atoms with E-state index in [-0.39, 0.29) is 43.4 Å². The first-order valence-corrected chi connectivity index (χ1v) is 12.5. The Morgan fingerprint density at radius 3 is 2.29 bits per heavy atom. The highest BCUT2D eigenvalue weighted by atomic mass is 16.5. The zero-order valence-corrected chi connectivity index (χ0v) is 20.4. The molecule has 4 rings (SSSR count). The van der Waals surface area contributed by atoms with Crippen LogP contribution in [0.5, 0.6) is 0 Å². The van der Waals surface area contributed by atoms with Gasteiger partial charge in [-0.25, -0.2) is 4.79 Å². The number of carboxylic acids is 1. The molecule has 3 unspecified atom stereocenters. The second-order valence-corrected chi connectivity index (χ2v) is 9.79. The van der Waals surface area contributed by atoms with Crippen LogP contribution in [0.2, 0.25) is 0 Å². The third kappa shape index (κ3) is 5.66. The average Bonchev–Trinajstić information content (AvgIpc) is 3.18. The maximum atomic E-state index is 12.7. The number of nitrogens with zero attached hydrogens (tertiary/aromatic N) is 1. The predicted molar refractivity (Wildman–Crippen MR) is 133 cm³/mol. The lowest BCUT2D eigenvalue weighted by molar-refractivity contribution is -0.147. The number of fused-ring (bicyclic) bond motifs is 3. The Labute approximate surface area is 206 Å². The Morgan fingerprint density at radius 2 is 1.69 bits per heavy atom. The first kappa shape index (κ1) is 24.8. The SMILES string of the molecule is CCC(CCC(=O)N1CC(C)CC(C(=O)O)C1)NC(=O)OCC1c2ccccc2-c2ccccc21. The Morgan fingerprint density at radius 1 is 1.06 bits per heavy atom. The van der Waals surface area contributed by atoms with Gasteiger partial charge in [-0.2, -0.15) is 0 Å². The Balaban J connectivity index is 1.29. The van der Waals surface area contributed by atoms with Crippen LogP contribution in [-0.2, 0) is 14.3 Å². The smallest absolute Gasteiger partial charge is 0.407 e. The van der Waals surface area contributed by atoms with Gasteiger partial charge in [0.15, 0.2) is 0 Å². The van der Waals surface area contributed by atoms with Gasteiger partial charge < -0.3 is 20.1 Å². The number of amides is 2. The summed E-state index contributed by atoms with van der Waals surface area (Å²) in [5.41, 5.74) is 4.68. The van der Waals surface area contributed by atoms with Crippen LogP contribution in [0.25, 0.3) is 11.1 Å². The van der Waals surface area contributed by atoms with Crippen LogP contribution in [0.4, 0.5) is 4.79 Å². The fraction of sp³-hybridized carbons (Fsp3) is 0.464. The van der Waals surface area contributed by atoms with Crippen LogP contribution >= 0.6 is 0 Å². The van der Waals surface area contributed by atoms with Gasteiger partial charge in [0.2, 0.25) is 5.91 Å². The van der Waals surface area contributed by atoms with E-state index in [0.29, 0.717) is 25.8 Å². The molecule has 2 aliphatic rings. The Bertz CT molecular complexity index is 1040. The van der Waals surface area contributed by atoms with Crippen molar-refractivity contribution in [3.05, 3.63) is 59.7 Å². The van der Waals surface area contributed by atoms with E-state index in [1.807, 2.05) is 38.1 Å². The molecule has 3 atom stereocenters. The van der Waals surface area contributed by atoms with Crippen molar-refractivity contribution in [3.8, 4) is 11.1 Å². The molecule has 0 radical (unpaired) electrons. The second kappa shape index (κ2) is 10.9. The highest BCUT2D eigenvalue weighted by Crippen LogP contribution is 2.44. The van der Waals surface area contributed by atoms with Gasteiger partial charge in [-0.3, -0.25) is 9.59 Å². The summed E-state index contributed by atoms with van der Waals surface area (Å²) in [6.07, 6.45) is 1.54. The molecular weight excluding hydrogens is 444 g/mol. The fourth-order valence-corrected chi connectivity index (χ4v) is 5.38. The fourth-order valence-electron chi connectivity index (χ4n) is 5.38. The van der Waals surface area contributed by atoms with Crippen LogP contribution in [-0.4, -0.2) is 53.7 Å². The van der Waals surface area contributed by atoms with Gasteiger partial charge in [-0.1, -0.05) is 62.4 Å². The largest absolute Gasteiger partial charge is 0.481 e. The monoisotopic (exact) mass is 478 g/mol. The number of ether oxygens (including phenoxy) is 1. The Kier molecular flexibility index (Phi) is 7.73. The normalized spacial score (nSPS) is 20.0. The summed E-state index contributed by atoms with van der Waals surface area (Å²) in [7, 11) is 0. The van der Waals surface area contributed by atoms with E-state index in [9.17, 15) is 19.5 Å². The minimum atomic E-state index is -0.849. The first-order chi connectivity index (χ1) is 16.9. The van der Waals surface area contributed by atoms with Gasteiger partial charge in [0, 0.05) is 31.5 Å². The number of carbonyl (C=O) groups is 3. The second-order valence-electron chi connectivity index (χ2n) is 9.79. The van der Waals surface area contributed by atoms with Gasteiger partial charge in [-0.05, 0) is 47.4 Å². The van der Waals surface area contributed by atoms with Crippen molar-refractivity contribution in [3.63, 3.8) is 0 Å². The summed E-state index contributed by atoms with van der Waals surface area (Å²) in [4.78, 5) is 38.4. The molecule has 2 aromatic carbocycles. The molecule has 0 spiro atoms. The zero-order valence-electron chi connectivity index (χ0n) is 20.4. The van der Waals surface area contributed by atoms with Crippen LogP contribution < -0.4 is 5.32 Å². The van der Waals surface area contributed by atoms with E-state index >= 15 is 0 Å². The lowest BCUT2D eigenvalue weighted by Gasteiger charge is -2.35. The lowest BCUT2D eigenvalue weighted by Crippen LogP contribution is -2.46. The van der Waals surface area contributed by atoms with Gasteiger partial charge in [0.1, 0.15) is 6.61 Å². The molecular formula is C28H34N2O5. The molecule has 35 heavy (non-hydrogen) atoms. The molecule has 2 aromatic rings. The van der Waals surface area contributed by atoms with E-state index in [0.717, 1.165) is 11.1 Å². The van der Waals surface area contributed by atoms with Gasteiger partial charge >= 0.3 is 12.1 Å². The molecule has 1 heterocycles. The number of likely N-dealkylation sites (tertiary alicyclic amines) is 1. The number of alkyl carbamates (subject to hydrolysis) is 1. The van der Waals surface area contributed by atoms with Gasteiger partial charge in [0.05, 0.1) is 5.92 Å². The molecule has 1 aliphatic carbocycles.